The Morgan fingerprint density at radius 2 is 1.85 bits per heavy atom. The molecule has 0 atom stereocenters. The van der Waals surface area contributed by atoms with Crippen LogP contribution in [-0.2, 0) is 0 Å². The van der Waals surface area contributed by atoms with Gasteiger partial charge in [-0.2, -0.15) is 5.11 Å². The van der Waals surface area contributed by atoms with Gasteiger partial charge in [0.25, 0.3) is 0 Å². The lowest BCUT2D eigenvalue weighted by atomic mass is 10.2. The van der Waals surface area contributed by atoms with Crippen LogP contribution in [0.4, 0.5) is 11.4 Å². The molecular formula is C20H15N5S. The largest absolute Gasteiger partial charge is 0.265 e. The van der Waals surface area contributed by atoms with E-state index in [0.717, 1.165) is 27.4 Å². The number of azo groups is 1. The van der Waals surface area contributed by atoms with Gasteiger partial charge in [0.2, 0.25) is 0 Å². The molecule has 5 nitrogen and oxygen atoms in total. The fraction of sp³-hybridized carbons (Fsp3) is 0.0500. The van der Waals surface area contributed by atoms with Gasteiger partial charge in [0, 0.05) is 18.0 Å². The molecule has 3 heterocycles. The molecule has 0 spiro atoms. The summed E-state index contributed by atoms with van der Waals surface area (Å²) < 4.78 is 0. The molecule has 0 aliphatic carbocycles. The maximum absolute atomic E-state index is 4.73. The van der Waals surface area contributed by atoms with Crippen molar-refractivity contribution in [3.05, 3.63) is 78.1 Å². The van der Waals surface area contributed by atoms with Crippen molar-refractivity contribution < 1.29 is 0 Å². The molecule has 0 aliphatic rings. The first-order valence-electron chi connectivity index (χ1n) is 8.09. The normalized spacial score (nSPS) is 11.1. The van der Waals surface area contributed by atoms with Crippen molar-refractivity contribution in [2.24, 2.45) is 10.2 Å². The first-order valence-corrected chi connectivity index (χ1v) is 8.97. The fourth-order valence-corrected chi connectivity index (χ4v) is 3.21. The van der Waals surface area contributed by atoms with Gasteiger partial charge in [0.05, 0.1) is 16.8 Å². The summed E-state index contributed by atoms with van der Waals surface area (Å²) in [5.74, 6) is 0.644. The van der Waals surface area contributed by atoms with Crippen molar-refractivity contribution >= 4 is 22.7 Å². The smallest absolute Gasteiger partial charge is 0.160 e. The molecule has 126 valence electrons. The number of hydrogen-bond donors (Lipinski definition) is 0. The van der Waals surface area contributed by atoms with E-state index in [0.29, 0.717) is 11.5 Å². The van der Waals surface area contributed by atoms with Gasteiger partial charge < -0.3 is 0 Å². The summed E-state index contributed by atoms with van der Waals surface area (Å²) in [7, 11) is 0. The van der Waals surface area contributed by atoms with Crippen molar-refractivity contribution in [2.75, 3.05) is 0 Å². The van der Waals surface area contributed by atoms with Crippen molar-refractivity contribution in [1.29, 1.82) is 0 Å². The lowest BCUT2D eigenvalue weighted by molar-refractivity contribution is 1.13. The third-order valence-corrected chi connectivity index (χ3v) is 4.61. The topological polar surface area (TPSA) is 63.4 Å². The minimum atomic E-state index is 0.644. The third kappa shape index (κ3) is 3.55. The van der Waals surface area contributed by atoms with Crippen molar-refractivity contribution in [3.63, 3.8) is 0 Å². The van der Waals surface area contributed by atoms with Gasteiger partial charge >= 0.3 is 0 Å². The lowest BCUT2D eigenvalue weighted by Gasteiger charge is -2.05. The lowest BCUT2D eigenvalue weighted by Crippen LogP contribution is -1.91. The van der Waals surface area contributed by atoms with Crippen LogP contribution in [0.2, 0.25) is 0 Å². The SMILES string of the molecule is Cc1cccc(N=Nc2cnc(-c3ccncc3)nc2-c2cccs2)c1. The number of rotatable bonds is 4. The molecule has 1 aromatic carbocycles. The predicted molar refractivity (Wildman–Crippen MR) is 104 cm³/mol. The molecule has 0 N–H and O–H groups in total. The summed E-state index contributed by atoms with van der Waals surface area (Å²) >= 11 is 1.61. The minimum Gasteiger partial charge on any atom is -0.265 e. The molecule has 0 saturated carbocycles. The van der Waals surface area contributed by atoms with E-state index in [4.69, 9.17) is 4.98 Å². The number of aryl methyl sites for hydroxylation is 1. The Morgan fingerprint density at radius 3 is 2.62 bits per heavy atom. The zero-order chi connectivity index (χ0) is 17.8. The molecule has 26 heavy (non-hydrogen) atoms. The van der Waals surface area contributed by atoms with E-state index < -0.39 is 0 Å². The van der Waals surface area contributed by atoms with Crippen LogP contribution in [0.25, 0.3) is 22.0 Å². The molecule has 0 saturated heterocycles. The van der Waals surface area contributed by atoms with Gasteiger partial charge in [-0.15, -0.1) is 16.5 Å². The standard InChI is InChI=1S/C20H15N5S/c1-14-4-2-5-16(12-14)24-25-17-13-22-20(15-7-9-21-10-8-15)23-19(17)18-6-3-11-26-18/h2-13H,1H3. The van der Waals surface area contributed by atoms with Gasteiger partial charge in [-0.05, 0) is 48.2 Å². The second-order valence-corrected chi connectivity index (χ2v) is 6.63. The van der Waals surface area contributed by atoms with Crippen LogP contribution in [0.3, 0.4) is 0 Å². The molecule has 4 aromatic rings. The summed E-state index contributed by atoms with van der Waals surface area (Å²) in [6.07, 6.45) is 5.18. The van der Waals surface area contributed by atoms with Crippen LogP contribution in [0.5, 0.6) is 0 Å². The van der Waals surface area contributed by atoms with Crippen LogP contribution in [-0.4, -0.2) is 15.0 Å². The number of thiophene rings is 1. The molecule has 0 unspecified atom stereocenters. The van der Waals surface area contributed by atoms with Crippen molar-refractivity contribution in [1.82, 2.24) is 15.0 Å². The number of benzene rings is 1. The average molecular weight is 357 g/mol. The molecule has 0 amide bonds. The van der Waals surface area contributed by atoms with Crippen LogP contribution in [0, 0.1) is 6.92 Å². The second kappa shape index (κ2) is 7.33. The van der Waals surface area contributed by atoms with Gasteiger partial charge in [-0.1, -0.05) is 18.2 Å². The summed E-state index contributed by atoms with van der Waals surface area (Å²) in [6, 6.07) is 15.7. The van der Waals surface area contributed by atoms with Gasteiger partial charge in [0.15, 0.2) is 5.82 Å². The third-order valence-electron chi connectivity index (χ3n) is 3.74. The highest BCUT2D eigenvalue weighted by Gasteiger charge is 2.12. The zero-order valence-corrected chi connectivity index (χ0v) is 14.9. The van der Waals surface area contributed by atoms with Crippen molar-refractivity contribution in [2.45, 2.75) is 6.92 Å². The molecule has 6 heteroatoms. The van der Waals surface area contributed by atoms with E-state index in [1.54, 1.807) is 29.9 Å². The highest BCUT2D eigenvalue weighted by atomic mass is 32.1. The summed E-state index contributed by atoms with van der Waals surface area (Å²) in [6.45, 7) is 2.03. The Bertz CT molecular complexity index is 1040. The fourth-order valence-electron chi connectivity index (χ4n) is 2.49. The van der Waals surface area contributed by atoms with E-state index in [1.165, 1.54) is 0 Å². The Kier molecular flexibility index (Phi) is 4.57. The first kappa shape index (κ1) is 16.2. The Morgan fingerprint density at radius 1 is 0.962 bits per heavy atom. The number of hydrogen-bond acceptors (Lipinski definition) is 6. The van der Waals surface area contributed by atoms with E-state index in [2.05, 4.69) is 20.2 Å². The summed E-state index contributed by atoms with van der Waals surface area (Å²) in [5.41, 5.74) is 4.29. The maximum atomic E-state index is 4.73. The van der Waals surface area contributed by atoms with Gasteiger partial charge in [0.1, 0.15) is 11.4 Å². The quantitative estimate of drug-likeness (QED) is 0.421. The molecule has 0 fully saturated rings. The highest BCUT2D eigenvalue weighted by Crippen LogP contribution is 2.33. The Hall–Kier alpha value is -3.25. The summed E-state index contributed by atoms with van der Waals surface area (Å²) in [5, 5.41) is 10.8. The number of pyridine rings is 1. The second-order valence-electron chi connectivity index (χ2n) is 5.68. The van der Waals surface area contributed by atoms with Crippen LogP contribution >= 0.6 is 11.3 Å². The molecule has 3 aromatic heterocycles. The molecule has 0 aliphatic heterocycles. The van der Waals surface area contributed by atoms with Crippen molar-refractivity contribution in [3.8, 4) is 22.0 Å². The van der Waals surface area contributed by atoms with E-state index in [-0.39, 0.29) is 0 Å². The predicted octanol–water partition coefficient (Wildman–Crippen LogP) is 5.99. The minimum absolute atomic E-state index is 0.644. The zero-order valence-electron chi connectivity index (χ0n) is 14.1. The maximum Gasteiger partial charge on any atom is 0.160 e. The molecule has 0 bridgehead atoms. The van der Waals surface area contributed by atoms with Crippen LogP contribution < -0.4 is 0 Å². The van der Waals surface area contributed by atoms with Crippen LogP contribution in [0.1, 0.15) is 5.56 Å². The first-order chi connectivity index (χ1) is 12.8. The average Bonchev–Trinajstić information content (AvgIpc) is 3.22. The highest BCUT2D eigenvalue weighted by molar-refractivity contribution is 7.13. The van der Waals surface area contributed by atoms with E-state index in [9.17, 15) is 0 Å². The van der Waals surface area contributed by atoms with Gasteiger partial charge in [-0.3, -0.25) is 4.98 Å². The number of nitrogens with zero attached hydrogens (tertiary/aromatic N) is 5. The monoisotopic (exact) mass is 357 g/mol. The molecule has 0 radical (unpaired) electrons. The summed E-state index contributed by atoms with van der Waals surface area (Å²) in [4.78, 5) is 14.3. The molecular weight excluding hydrogens is 342 g/mol. The van der Waals surface area contributed by atoms with E-state index >= 15 is 0 Å². The Balaban J connectivity index is 1.77. The Labute approximate surface area is 155 Å². The van der Waals surface area contributed by atoms with Crippen LogP contribution in [0.15, 0.2) is 82.7 Å². The number of aromatic nitrogens is 3. The van der Waals surface area contributed by atoms with Gasteiger partial charge in [-0.25, -0.2) is 9.97 Å². The molecule has 4 rings (SSSR count). The van der Waals surface area contributed by atoms with E-state index in [1.807, 2.05) is 60.8 Å².